The van der Waals surface area contributed by atoms with Crippen molar-refractivity contribution < 1.29 is 14.3 Å². The van der Waals surface area contributed by atoms with Crippen LogP contribution in [0.1, 0.15) is 37.5 Å². The van der Waals surface area contributed by atoms with Gasteiger partial charge in [0.1, 0.15) is 0 Å². The third kappa shape index (κ3) is 7.62. The number of hydrogen-bond acceptors (Lipinski definition) is 4. The van der Waals surface area contributed by atoms with Crippen molar-refractivity contribution in [3.8, 4) is 0 Å². The van der Waals surface area contributed by atoms with Crippen molar-refractivity contribution in [1.82, 2.24) is 5.32 Å². The number of carbonyl (C=O) groups excluding carboxylic acids is 2. The molecule has 0 fully saturated rings. The number of carbonyl (C=O) groups is 2. The highest BCUT2D eigenvalue weighted by molar-refractivity contribution is 7.10. The molecule has 0 aliphatic carbocycles. The normalized spacial score (nSPS) is 10.2. The molecule has 1 heterocycles. The lowest BCUT2D eigenvalue weighted by atomic mass is 10.2. The van der Waals surface area contributed by atoms with Crippen LogP contribution in [0.3, 0.4) is 0 Å². The Kier molecular flexibility index (Phi) is 7.89. The fraction of sp³-hybridized carbons (Fsp3) is 0.571. The molecule has 19 heavy (non-hydrogen) atoms. The zero-order valence-electron chi connectivity index (χ0n) is 11.3. The molecule has 0 saturated heterocycles. The molecular weight excluding hydrogens is 262 g/mol. The van der Waals surface area contributed by atoms with Crippen molar-refractivity contribution in [3.05, 3.63) is 22.4 Å². The van der Waals surface area contributed by atoms with E-state index in [-0.39, 0.29) is 11.9 Å². The van der Waals surface area contributed by atoms with Gasteiger partial charge in [-0.1, -0.05) is 12.5 Å². The number of hydrogen-bond donors (Lipinski definition) is 1. The Bertz CT molecular complexity index is 376. The van der Waals surface area contributed by atoms with E-state index in [0.717, 1.165) is 24.1 Å². The minimum Gasteiger partial charge on any atom is -0.466 e. The Labute approximate surface area is 118 Å². The number of esters is 1. The van der Waals surface area contributed by atoms with Gasteiger partial charge in [0.25, 0.3) is 0 Å². The Morgan fingerprint density at radius 1 is 1.32 bits per heavy atom. The smallest absolute Gasteiger partial charge is 0.305 e. The molecule has 0 aliphatic rings. The maximum Gasteiger partial charge on any atom is 0.305 e. The van der Waals surface area contributed by atoms with Gasteiger partial charge in [0.15, 0.2) is 0 Å². The largest absolute Gasteiger partial charge is 0.466 e. The van der Waals surface area contributed by atoms with Crippen molar-refractivity contribution in [1.29, 1.82) is 0 Å². The summed E-state index contributed by atoms with van der Waals surface area (Å²) in [6, 6.07) is 3.91. The van der Waals surface area contributed by atoms with Gasteiger partial charge in [-0.3, -0.25) is 9.59 Å². The lowest BCUT2D eigenvalue weighted by Gasteiger charge is -2.04. The van der Waals surface area contributed by atoms with Gasteiger partial charge in [-0.05, 0) is 31.2 Å². The standard InChI is InChI=1S/C14H21NO3S/c1-2-18-14(17)8-4-3-5-9-15-13(16)11-12-7-6-10-19-12/h6-7,10H,2-5,8-9,11H2,1H3,(H,15,16). The van der Waals surface area contributed by atoms with Crippen LogP contribution < -0.4 is 5.32 Å². The van der Waals surface area contributed by atoms with Crippen molar-refractivity contribution in [2.75, 3.05) is 13.2 Å². The van der Waals surface area contributed by atoms with Crippen molar-refractivity contribution in [2.24, 2.45) is 0 Å². The minimum atomic E-state index is -0.135. The molecule has 0 aliphatic heterocycles. The van der Waals surface area contributed by atoms with Gasteiger partial charge in [-0.25, -0.2) is 0 Å². The van der Waals surface area contributed by atoms with Gasteiger partial charge < -0.3 is 10.1 Å². The van der Waals surface area contributed by atoms with E-state index in [4.69, 9.17) is 4.74 Å². The first-order valence-electron chi connectivity index (χ1n) is 6.67. The summed E-state index contributed by atoms with van der Waals surface area (Å²) in [5, 5.41) is 4.86. The number of amides is 1. The summed E-state index contributed by atoms with van der Waals surface area (Å²) in [7, 11) is 0. The molecule has 1 aromatic rings. The highest BCUT2D eigenvalue weighted by Gasteiger charge is 2.04. The zero-order valence-corrected chi connectivity index (χ0v) is 12.1. The number of unbranched alkanes of at least 4 members (excludes halogenated alkanes) is 2. The minimum absolute atomic E-state index is 0.0628. The third-order valence-corrected chi connectivity index (χ3v) is 3.48. The number of thiophene rings is 1. The van der Waals surface area contributed by atoms with Gasteiger partial charge >= 0.3 is 5.97 Å². The fourth-order valence-electron chi connectivity index (χ4n) is 1.67. The van der Waals surface area contributed by atoms with Gasteiger partial charge in [0.2, 0.25) is 5.91 Å². The van der Waals surface area contributed by atoms with E-state index >= 15 is 0 Å². The van der Waals surface area contributed by atoms with E-state index in [1.165, 1.54) is 0 Å². The van der Waals surface area contributed by atoms with Gasteiger partial charge in [0.05, 0.1) is 13.0 Å². The number of rotatable bonds is 9. The molecule has 0 spiro atoms. The molecule has 1 rings (SSSR count). The predicted molar refractivity (Wildman–Crippen MR) is 76.1 cm³/mol. The van der Waals surface area contributed by atoms with Crippen LogP contribution in [0, 0.1) is 0 Å². The molecule has 0 aromatic carbocycles. The molecule has 1 N–H and O–H groups in total. The van der Waals surface area contributed by atoms with Crippen LogP contribution in [0.2, 0.25) is 0 Å². The van der Waals surface area contributed by atoms with Crippen molar-refractivity contribution in [2.45, 2.75) is 39.0 Å². The molecule has 0 bridgehead atoms. The lowest BCUT2D eigenvalue weighted by molar-refractivity contribution is -0.143. The summed E-state index contributed by atoms with van der Waals surface area (Å²) in [5.74, 6) is -0.0722. The second-order valence-corrected chi connectivity index (χ2v) is 5.25. The van der Waals surface area contributed by atoms with Crippen LogP contribution in [-0.2, 0) is 20.7 Å². The van der Waals surface area contributed by atoms with Crippen LogP contribution in [-0.4, -0.2) is 25.0 Å². The molecule has 4 nitrogen and oxygen atoms in total. The fourth-order valence-corrected chi connectivity index (χ4v) is 2.37. The van der Waals surface area contributed by atoms with Crippen LogP contribution in [0.25, 0.3) is 0 Å². The quantitative estimate of drug-likeness (QED) is 0.559. The highest BCUT2D eigenvalue weighted by atomic mass is 32.1. The topological polar surface area (TPSA) is 55.4 Å². The maximum atomic E-state index is 11.6. The van der Waals surface area contributed by atoms with Crippen molar-refractivity contribution in [3.63, 3.8) is 0 Å². The molecule has 0 radical (unpaired) electrons. The van der Waals surface area contributed by atoms with Gasteiger partial charge in [-0.2, -0.15) is 0 Å². The molecule has 5 heteroatoms. The van der Waals surface area contributed by atoms with Crippen LogP contribution in [0.5, 0.6) is 0 Å². The predicted octanol–water partition coefficient (Wildman–Crippen LogP) is 2.53. The SMILES string of the molecule is CCOC(=O)CCCCCNC(=O)Cc1cccs1. The van der Waals surface area contributed by atoms with Crippen LogP contribution >= 0.6 is 11.3 Å². The maximum absolute atomic E-state index is 11.6. The lowest BCUT2D eigenvalue weighted by Crippen LogP contribution is -2.25. The molecule has 0 atom stereocenters. The summed E-state index contributed by atoms with van der Waals surface area (Å²) >= 11 is 1.59. The summed E-state index contributed by atoms with van der Waals surface area (Å²) in [6.07, 6.45) is 3.57. The van der Waals surface area contributed by atoms with Crippen molar-refractivity contribution >= 4 is 23.2 Å². The van der Waals surface area contributed by atoms with E-state index in [9.17, 15) is 9.59 Å². The van der Waals surface area contributed by atoms with E-state index in [1.807, 2.05) is 17.5 Å². The first kappa shape index (κ1) is 15.7. The highest BCUT2D eigenvalue weighted by Crippen LogP contribution is 2.08. The zero-order chi connectivity index (χ0) is 13.9. The van der Waals surface area contributed by atoms with Gasteiger partial charge in [0, 0.05) is 17.8 Å². The van der Waals surface area contributed by atoms with Gasteiger partial charge in [-0.15, -0.1) is 11.3 Å². The second kappa shape index (κ2) is 9.55. The third-order valence-electron chi connectivity index (χ3n) is 2.60. The molecule has 106 valence electrons. The number of nitrogens with one attached hydrogen (secondary N) is 1. The average molecular weight is 283 g/mol. The first-order valence-corrected chi connectivity index (χ1v) is 7.55. The van der Waals surface area contributed by atoms with E-state index in [2.05, 4.69) is 5.32 Å². The Morgan fingerprint density at radius 3 is 2.84 bits per heavy atom. The molecule has 1 aromatic heterocycles. The molecular formula is C14H21NO3S. The van der Waals surface area contributed by atoms with Crippen LogP contribution in [0.15, 0.2) is 17.5 Å². The first-order chi connectivity index (χ1) is 9.22. The van der Waals surface area contributed by atoms with Crippen LogP contribution in [0.4, 0.5) is 0 Å². The Hall–Kier alpha value is -1.36. The van der Waals surface area contributed by atoms with E-state index < -0.39 is 0 Å². The number of ether oxygens (including phenoxy) is 1. The average Bonchev–Trinajstić information content (AvgIpc) is 2.86. The molecule has 0 unspecified atom stereocenters. The van der Waals surface area contributed by atoms with E-state index in [1.54, 1.807) is 18.3 Å². The Morgan fingerprint density at radius 2 is 2.16 bits per heavy atom. The monoisotopic (exact) mass is 283 g/mol. The summed E-state index contributed by atoms with van der Waals surface area (Å²) in [6.45, 7) is 2.92. The Balaban J connectivity index is 1.96. The molecule has 0 saturated carbocycles. The second-order valence-electron chi connectivity index (χ2n) is 4.22. The van der Waals surface area contributed by atoms with E-state index in [0.29, 0.717) is 26.0 Å². The summed E-state index contributed by atoms with van der Waals surface area (Å²) in [4.78, 5) is 23.7. The summed E-state index contributed by atoms with van der Waals surface area (Å²) in [5.41, 5.74) is 0. The summed E-state index contributed by atoms with van der Waals surface area (Å²) < 4.78 is 4.84. The molecule has 1 amide bonds.